The fourth-order valence-electron chi connectivity index (χ4n) is 3.61. The van der Waals surface area contributed by atoms with Gasteiger partial charge in [-0.2, -0.15) is 0 Å². The van der Waals surface area contributed by atoms with Gasteiger partial charge in [-0.3, -0.25) is 9.59 Å². The van der Waals surface area contributed by atoms with E-state index in [1.54, 1.807) is 29.2 Å². The van der Waals surface area contributed by atoms with Gasteiger partial charge < -0.3 is 15.0 Å². The standard InChI is InChI=1S/C28H30BrClN2O3/c1-3-20(2)31-28(34)26(16-21-9-5-4-6-10-21)32(18-22-11-7-12-23(29)15-22)27(33)19-35-25-14-8-13-24(30)17-25/h4-15,17,20,26H,3,16,18-19H2,1-2H3,(H,31,34)/t20-,26+/m0/s1. The molecule has 0 spiro atoms. The summed E-state index contributed by atoms with van der Waals surface area (Å²) in [4.78, 5) is 28.6. The maximum Gasteiger partial charge on any atom is 0.261 e. The molecule has 0 saturated carbocycles. The Bertz CT molecular complexity index is 1130. The van der Waals surface area contributed by atoms with Crippen LogP contribution in [0.1, 0.15) is 31.4 Å². The van der Waals surface area contributed by atoms with Crippen LogP contribution in [0.5, 0.6) is 5.75 Å². The number of halogens is 2. The molecule has 7 heteroatoms. The van der Waals surface area contributed by atoms with Gasteiger partial charge in [-0.1, -0.05) is 83.0 Å². The lowest BCUT2D eigenvalue weighted by atomic mass is 10.0. The van der Waals surface area contributed by atoms with Gasteiger partial charge >= 0.3 is 0 Å². The lowest BCUT2D eigenvalue weighted by Gasteiger charge is -2.32. The Hall–Kier alpha value is -2.83. The van der Waals surface area contributed by atoms with Crippen LogP contribution < -0.4 is 10.1 Å². The van der Waals surface area contributed by atoms with Crippen LogP contribution in [0.2, 0.25) is 5.02 Å². The molecule has 2 atom stereocenters. The third kappa shape index (κ3) is 8.41. The molecule has 0 aromatic heterocycles. The first-order valence-corrected chi connectivity index (χ1v) is 12.8. The van der Waals surface area contributed by atoms with Crippen LogP contribution in [-0.2, 0) is 22.6 Å². The predicted octanol–water partition coefficient (Wildman–Crippen LogP) is 6.04. The van der Waals surface area contributed by atoms with E-state index in [1.807, 2.05) is 68.4 Å². The molecule has 0 saturated heterocycles. The Balaban J connectivity index is 1.91. The highest BCUT2D eigenvalue weighted by Gasteiger charge is 2.31. The van der Waals surface area contributed by atoms with Gasteiger partial charge in [0.1, 0.15) is 11.8 Å². The third-order valence-electron chi connectivity index (χ3n) is 5.67. The molecular formula is C28H30BrClN2O3. The Labute approximate surface area is 220 Å². The second-order valence-corrected chi connectivity index (χ2v) is 9.77. The summed E-state index contributed by atoms with van der Waals surface area (Å²) in [5, 5.41) is 3.59. The lowest BCUT2D eigenvalue weighted by Crippen LogP contribution is -2.53. The lowest BCUT2D eigenvalue weighted by molar-refractivity contribution is -0.143. The van der Waals surface area contributed by atoms with E-state index >= 15 is 0 Å². The number of amides is 2. The summed E-state index contributed by atoms with van der Waals surface area (Å²) in [5.41, 5.74) is 1.88. The first-order valence-electron chi connectivity index (χ1n) is 11.6. The molecule has 3 aromatic carbocycles. The summed E-state index contributed by atoms with van der Waals surface area (Å²) in [6.45, 7) is 4.03. The van der Waals surface area contributed by atoms with Crippen molar-refractivity contribution in [2.24, 2.45) is 0 Å². The summed E-state index contributed by atoms with van der Waals surface area (Å²) in [7, 11) is 0. The molecule has 1 N–H and O–H groups in total. The van der Waals surface area contributed by atoms with Crippen molar-refractivity contribution in [3.63, 3.8) is 0 Å². The highest BCUT2D eigenvalue weighted by molar-refractivity contribution is 9.10. The van der Waals surface area contributed by atoms with Crippen LogP contribution in [-0.4, -0.2) is 35.4 Å². The first kappa shape index (κ1) is 26.8. The Morgan fingerprint density at radius 1 is 1.00 bits per heavy atom. The molecule has 35 heavy (non-hydrogen) atoms. The van der Waals surface area contributed by atoms with E-state index in [-0.39, 0.29) is 31.0 Å². The van der Waals surface area contributed by atoms with Crippen LogP contribution in [0.25, 0.3) is 0 Å². The summed E-state index contributed by atoms with van der Waals surface area (Å²) in [6, 6.07) is 23.6. The second-order valence-electron chi connectivity index (χ2n) is 8.42. The van der Waals surface area contributed by atoms with Crippen molar-refractivity contribution < 1.29 is 14.3 Å². The Morgan fingerprint density at radius 3 is 2.40 bits per heavy atom. The monoisotopic (exact) mass is 556 g/mol. The van der Waals surface area contributed by atoms with E-state index in [0.717, 1.165) is 22.0 Å². The Kier molecular flexibility index (Phi) is 10.2. The quantitative estimate of drug-likeness (QED) is 0.313. The van der Waals surface area contributed by atoms with Gasteiger partial charge in [-0.05, 0) is 54.8 Å². The predicted molar refractivity (Wildman–Crippen MR) is 143 cm³/mol. The number of ether oxygens (including phenoxy) is 1. The zero-order chi connectivity index (χ0) is 25.2. The number of hydrogen-bond donors (Lipinski definition) is 1. The van der Waals surface area contributed by atoms with E-state index in [4.69, 9.17) is 16.3 Å². The average Bonchev–Trinajstić information content (AvgIpc) is 2.85. The Morgan fingerprint density at radius 2 is 1.71 bits per heavy atom. The highest BCUT2D eigenvalue weighted by Crippen LogP contribution is 2.20. The number of nitrogens with zero attached hydrogens (tertiary/aromatic N) is 1. The summed E-state index contributed by atoms with van der Waals surface area (Å²) < 4.78 is 6.66. The van der Waals surface area contributed by atoms with Gasteiger partial charge in [0.15, 0.2) is 6.61 Å². The minimum absolute atomic E-state index is 0.00805. The van der Waals surface area contributed by atoms with Gasteiger partial charge in [-0.15, -0.1) is 0 Å². The highest BCUT2D eigenvalue weighted by atomic mass is 79.9. The molecule has 0 aliphatic carbocycles. The van der Waals surface area contributed by atoms with Crippen molar-refractivity contribution in [3.05, 3.63) is 99.5 Å². The minimum atomic E-state index is -0.708. The van der Waals surface area contributed by atoms with Crippen LogP contribution in [0.3, 0.4) is 0 Å². The van der Waals surface area contributed by atoms with Gasteiger partial charge in [-0.25, -0.2) is 0 Å². The van der Waals surface area contributed by atoms with E-state index in [1.165, 1.54) is 0 Å². The topological polar surface area (TPSA) is 58.6 Å². The van der Waals surface area contributed by atoms with E-state index in [2.05, 4.69) is 21.2 Å². The molecule has 0 heterocycles. The van der Waals surface area contributed by atoms with Crippen LogP contribution in [0.15, 0.2) is 83.3 Å². The molecule has 2 amide bonds. The molecular weight excluding hydrogens is 528 g/mol. The summed E-state index contributed by atoms with van der Waals surface area (Å²) in [5.74, 6) is 0.0245. The molecule has 3 rings (SSSR count). The van der Waals surface area contributed by atoms with Gasteiger partial charge in [0.2, 0.25) is 5.91 Å². The van der Waals surface area contributed by atoms with Gasteiger partial charge in [0.25, 0.3) is 5.91 Å². The van der Waals surface area contributed by atoms with Crippen molar-refractivity contribution in [3.8, 4) is 5.75 Å². The molecule has 0 fully saturated rings. The number of carbonyl (C=O) groups is 2. The van der Waals surface area contributed by atoms with E-state index in [9.17, 15) is 9.59 Å². The normalized spacial score (nSPS) is 12.5. The summed E-state index contributed by atoms with van der Waals surface area (Å²) in [6.07, 6.45) is 1.18. The van der Waals surface area contributed by atoms with Crippen molar-refractivity contribution >= 4 is 39.3 Å². The van der Waals surface area contributed by atoms with Crippen LogP contribution >= 0.6 is 27.5 Å². The molecule has 3 aromatic rings. The number of benzene rings is 3. The zero-order valence-corrected chi connectivity index (χ0v) is 22.3. The van der Waals surface area contributed by atoms with Crippen molar-refractivity contribution in [2.45, 2.75) is 45.3 Å². The third-order valence-corrected chi connectivity index (χ3v) is 6.40. The zero-order valence-electron chi connectivity index (χ0n) is 19.9. The van der Waals surface area contributed by atoms with Crippen molar-refractivity contribution in [1.29, 1.82) is 0 Å². The maximum absolute atomic E-state index is 13.6. The van der Waals surface area contributed by atoms with Crippen LogP contribution in [0, 0.1) is 0 Å². The van der Waals surface area contributed by atoms with Gasteiger partial charge in [0, 0.05) is 28.5 Å². The molecule has 0 radical (unpaired) electrons. The molecule has 5 nitrogen and oxygen atoms in total. The first-order chi connectivity index (χ1) is 16.9. The SMILES string of the molecule is CC[C@H](C)NC(=O)[C@@H](Cc1ccccc1)N(Cc1cccc(Br)c1)C(=O)COc1cccc(Cl)c1. The number of hydrogen-bond acceptors (Lipinski definition) is 3. The van der Waals surface area contributed by atoms with E-state index in [0.29, 0.717) is 17.2 Å². The maximum atomic E-state index is 13.6. The average molecular weight is 558 g/mol. The van der Waals surface area contributed by atoms with Crippen LogP contribution in [0.4, 0.5) is 0 Å². The smallest absolute Gasteiger partial charge is 0.261 e. The molecule has 0 unspecified atom stereocenters. The van der Waals surface area contributed by atoms with E-state index < -0.39 is 6.04 Å². The number of nitrogens with one attached hydrogen (secondary N) is 1. The summed E-state index contributed by atoms with van der Waals surface area (Å²) >= 11 is 9.56. The molecule has 0 aliphatic rings. The second kappa shape index (κ2) is 13.3. The largest absolute Gasteiger partial charge is 0.484 e. The molecule has 184 valence electrons. The molecule has 0 bridgehead atoms. The fraction of sp³-hybridized carbons (Fsp3) is 0.286. The number of carbonyl (C=O) groups excluding carboxylic acids is 2. The fourth-order valence-corrected chi connectivity index (χ4v) is 4.24. The van der Waals surface area contributed by atoms with Gasteiger partial charge in [0.05, 0.1) is 0 Å². The molecule has 0 aliphatic heterocycles. The minimum Gasteiger partial charge on any atom is -0.484 e. The van der Waals surface area contributed by atoms with Crippen molar-refractivity contribution in [1.82, 2.24) is 10.2 Å². The van der Waals surface area contributed by atoms with Crippen molar-refractivity contribution in [2.75, 3.05) is 6.61 Å². The number of rotatable bonds is 11.